The van der Waals surface area contributed by atoms with E-state index in [0.717, 1.165) is 5.56 Å². The summed E-state index contributed by atoms with van der Waals surface area (Å²) in [4.78, 5) is 4.37. The molecule has 0 radical (unpaired) electrons. The molecule has 0 saturated carbocycles. The molecular weight excluding hydrogens is 172 g/mol. The van der Waals surface area contributed by atoms with Crippen LogP contribution in [-0.4, -0.2) is 11.8 Å². The first-order chi connectivity index (χ1) is 6.51. The molecule has 0 aliphatic heterocycles. The molecule has 0 spiro atoms. The van der Waals surface area contributed by atoms with E-state index in [1.54, 1.807) is 12.3 Å². The van der Waals surface area contributed by atoms with Crippen molar-refractivity contribution in [3.8, 4) is 6.07 Å². The van der Waals surface area contributed by atoms with Gasteiger partial charge in [-0.05, 0) is 38.5 Å². The van der Waals surface area contributed by atoms with Crippen molar-refractivity contribution in [2.75, 3.05) is 0 Å². The lowest BCUT2D eigenvalue weighted by molar-refractivity contribution is 0.586. The van der Waals surface area contributed by atoms with E-state index in [-0.39, 0.29) is 5.54 Å². The van der Waals surface area contributed by atoms with Crippen LogP contribution in [0.5, 0.6) is 0 Å². The summed E-state index contributed by atoms with van der Waals surface area (Å²) < 4.78 is 0. The first kappa shape index (κ1) is 10.5. The fraction of sp³-hybridized carbons (Fsp3) is 0.333. The number of hydrogen-bond donors (Lipinski definition) is 0. The van der Waals surface area contributed by atoms with Gasteiger partial charge in [0, 0.05) is 6.21 Å². The van der Waals surface area contributed by atoms with E-state index >= 15 is 0 Å². The summed E-state index contributed by atoms with van der Waals surface area (Å²) in [6.07, 6.45) is 1.81. The molecule has 0 N–H and O–H groups in total. The minimum atomic E-state index is -0.0668. The molecular formula is C12H14N2. The molecule has 0 saturated heterocycles. The van der Waals surface area contributed by atoms with E-state index in [9.17, 15) is 0 Å². The lowest BCUT2D eigenvalue weighted by Gasteiger charge is -2.10. The largest absolute Gasteiger partial charge is 0.287 e. The zero-order chi connectivity index (χ0) is 10.6. The van der Waals surface area contributed by atoms with Crippen LogP contribution in [0.2, 0.25) is 0 Å². The van der Waals surface area contributed by atoms with Gasteiger partial charge in [-0.1, -0.05) is 12.1 Å². The van der Waals surface area contributed by atoms with Gasteiger partial charge in [0.05, 0.1) is 17.2 Å². The van der Waals surface area contributed by atoms with Gasteiger partial charge in [0.1, 0.15) is 0 Å². The van der Waals surface area contributed by atoms with E-state index in [2.05, 4.69) is 11.1 Å². The molecule has 0 heterocycles. The highest BCUT2D eigenvalue weighted by molar-refractivity contribution is 5.80. The van der Waals surface area contributed by atoms with Gasteiger partial charge in [-0.2, -0.15) is 5.26 Å². The van der Waals surface area contributed by atoms with Crippen molar-refractivity contribution >= 4 is 6.21 Å². The lowest BCUT2D eigenvalue weighted by Crippen LogP contribution is -2.09. The van der Waals surface area contributed by atoms with Crippen molar-refractivity contribution in [3.63, 3.8) is 0 Å². The van der Waals surface area contributed by atoms with Gasteiger partial charge in [0.15, 0.2) is 0 Å². The average Bonchev–Trinajstić information content (AvgIpc) is 2.14. The minimum absolute atomic E-state index is 0.0668. The van der Waals surface area contributed by atoms with Crippen molar-refractivity contribution in [2.24, 2.45) is 4.99 Å². The lowest BCUT2D eigenvalue weighted by atomic mass is 10.1. The molecule has 1 aromatic carbocycles. The van der Waals surface area contributed by atoms with Gasteiger partial charge >= 0.3 is 0 Å². The molecule has 0 atom stereocenters. The predicted octanol–water partition coefficient (Wildman–Crippen LogP) is 2.78. The molecule has 0 amide bonds. The van der Waals surface area contributed by atoms with E-state index in [1.165, 1.54) is 0 Å². The first-order valence-electron chi connectivity index (χ1n) is 4.57. The van der Waals surface area contributed by atoms with Crippen LogP contribution >= 0.6 is 0 Å². The summed E-state index contributed by atoms with van der Waals surface area (Å²) >= 11 is 0. The third-order valence-corrected chi connectivity index (χ3v) is 1.62. The van der Waals surface area contributed by atoms with Crippen LogP contribution < -0.4 is 0 Å². The monoisotopic (exact) mass is 186 g/mol. The number of nitriles is 1. The Kier molecular flexibility index (Phi) is 3.03. The second-order valence-electron chi connectivity index (χ2n) is 4.17. The maximum atomic E-state index is 8.70. The topological polar surface area (TPSA) is 36.1 Å². The Bertz CT molecular complexity index is 378. The van der Waals surface area contributed by atoms with Crippen molar-refractivity contribution < 1.29 is 0 Å². The molecule has 0 aliphatic carbocycles. The maximum Gasteiger partial charge on any atom is 0.0991 e. The number of rotatable bonds is 1. The van der Waals surface area contributed by atoms with Crippen molar-refractivity contribution in [1.82, 2.24) is 0 Å². The zero-order valence-corrected chi connectivity index (χ0v) is 8.78. The smallest absolute Gasteiger partial charge is 0.0991 e. The van der Waals surface area contributed by atoms with Crippen LogP contribution in [-0.2, 0) is 0 Å². The molecule has 0 bridgehead atoms. The maximum absolute atomic E-state index is 8.70. The second-order valence-corrected chi connectivity index (χ2v) is 4.17. The number of hydrogen-bond acceptors (Lipinski definition) is 2. The molecule has 0 unspecified atom stereocenters. The summed E-state index contributed by atoms with van der Waals surface area (Å²) in [5, 5.41) is 8.70. The Labute approximate surface area is 84.9 Å². The van der Waals surface area contributed by atoms with Gasteiger partial charge in [0.25, 0.3) is 0 Å². The van der Waals surface area contributed by atoms with Crippen LogP contribution in [0.3, 0.4) is 0 Å². The number of nitrogens with zero attached hydrogens (tertiary/aromatic N) is 2. The molecule has 2 nitrogen and oxygen atoms in total. The third kappa shape index (κ3) is 3.40. The van der Waals surface area contributed by atoms with E-state index < -0.39 is 0 Å². The molecule has 14 heavy (non-hydrogen) atoms. The number of benzene rings is 1. The molecule has 0 fully saturated rings. The fourth-order valence-corrected chi connectivity index (χ4v) is 0.957. The minimum Gasteiger partial charge on any atom is -0.287 e. The summed E-state index contributed by atoms with van der Waals surface area (Å²) in [6.45, 7) is 6.12. The predicted molar refractivity (Wildman–Crippen MR) is 58.5 cm³/mol. The van der Waals surface area contributed by atoms with Crippen molar-refractivity contribution in [1.29, 1.82) is 5.26 Å². The number of aliphatic imine (C=N–C) groups is 1. The first-order valence-corrected chi connectivity index (χ1v) is 4.57. The Morgan fingerprint density at radius 1 is 1.36 bits per heavy atom. The molecule has 2 heteroatoms. The Morgan fingerprint density at radius 2 is 2.07 bits per heavy atom. The SMILES string of the molecule is CC(C)(C)/N=C/c1cccc(C#N)c1. The van der Waals surface area contributed by atoms with Crippen LogP contribution in [0.15, 0.2) is 29.3 Å². The van der Waals surface area contributed by atoms with E-state index in [4.69, 9.17) is 5.26 Å². The Balaban J connectivity index is 2.89. The Hall–Kier alpha value is -1.62. The van der Waals surface area contributed by atoms with Crippen molar-refractivity contribution in [3.05, 3.63) is 35.4 Å². The van der Waals surface area contributed by atoms with Crippen LogP contribution in [0.1, 0.15) is 31.9 Å². The van der Waals surface area contributed by atoms with Crippen LogP contribution in [0, 0.1) is 11.3 Å². The average molecular weight is 186 g/mol. The summed E-state index contributed by atoms with van der Waals surface area (Å²) in [7, 11) is 0. The van der Waals surface area contributed by atoms with Gasteiger partial charge in [-0.3, -0.25) is 4.99 Å². The van der Waals surface area contributed by atoms with Crippen molar-refractivity contribution in [2.45, 2.75) is 26.3 Å². The van der Waals surface area contributed by atoms with Gasteiger partial charge in [-0.15, -0.1) is 0 Å². The summed E-state index contributed by atoms with van der Waals surface area (Å²) in [5.74, 6) is 0. The molecule has 0 aromatic heterocycles. The molecule has 1 rings (SSSR count). The van der Waals surface area contributed by atoms with Gasteiger partial charge < -0.3 is 0 Å². The van der Waals surface area contributed by atoms with Gasteiger partial charge in [0.2, 0.25) is 0 Å². The van der Waals surface area contributed by atoms with E-state index in [0.29, 0.717) is 5.56 Å². The molecule has 0 aliphatic rings. The molecule has 72 valence electrons. The Morgan fingerprint density at radius 3 is 2.64 bits per heavy atom. The highest BCUT2D eigenvalue weighted by Crippen LogP contribution is 2.07. The highest BCUT2D eigenvalue weighted by atomic mass is 14.8. The normalized spacial score (nSPS) is 11.6. The van der Waals surface area contributed by atoms with Crippen LogP contribution in [0.4, 0.5) is 0 Å². The fourth-order valence-electron chi connectivity index (χ4n) is 0.957. The quantitative estimate of drug-likeness (QED) is 0.621. The van der Waals surface area contributed by atoms with Crippen LogP contribution in [0.25, 0.3) is 0 Å². The molecule has 1 aromatic rings. The summed E-state index contributed by atoms with van der Waals surface area (Å²) in [6, 6.07) is 9.52. The van der Waals surface area contributed by atoms with Gasteiger partial charge in [-0.25, -0.2) is 0 Å². The second kappa shape index (κ2) is 4.06. The zero-order valence-electron chi connectivity index (χ0n) is 8.78. The standard InChI is InChI=1S/C12H14N2/c1-12(2,3)14-9-11-6-4-5-10(7-11)8-13/h4-7,9H,1-3H3/b14-9+. The third-order valence-electron chi connectivity index (χ3n) is 1.62. The highest BCUT2D eigenvalue weighted by Gasteiger charge is 2.04. The summed E-state index contributed by atoms with van der Waals surface area (Å²) in [5.41, 5.74) is 1.57. The van der Waals surface area contributed by atoms with E-state index in [1.807, 2.05) is 39.0 Å².